The Morgan fingerprint density at radius 1 is 1.11 bits per heavy atom. The second-order valence-corrected chi connectivity index (χ2v) is 9.70. The molecule has 3 heterocycles. The van der Waals surface area contributed by atoms with E-state index in [1.165, 1.54) is 10.3 Å². The van der Waals surface area contributed by atoms with E-state index in [0.29, 0.717) is 35.9 Å². The van der Waals surface area contributed by atoms with E-state index in [1.54, 1.807) is 30.6 Å². The van der Waals surface area contributed by atoms with Crippen LogP contribution in [0.3, 0.4) is 0 Å². The van der Waals surface area contributed by atoms with Crippen LogP contribution in [-0.4, -0.2) is 37.7 Å². The molecule has 0 fully saturated rings. The Balaban J connectivity index is 1.19. The van der Waals surface area contributed by atoms with Crippen molar-refractivity contribution in [2.45, 2.75) is 19.2 Å². The molecule has 4 aromatic rings. The standard InChI is InChI=1S/C26H25N4O6P/c27-26-23(9-4-12-30(26)17-35-37(31,32)33)24-14-21(29-36-24)13-18-10-11-25(28-15-18)34-16-20-7-3-6-19-5-1-2-8-22(19)20/h1-12,14-15,26H,13,16-17,27H2,(H2,31,32,33). The van der Waals surface area contributed by atoms with Gasteiger partial charge in [-0.3, -0.25) is 4.52 Å². The third-order valence-corrected chi connectivity index (χ3v) is 6.34. The fraction of sp³-hybridized carbons (Fsp3) is 0.154. The number of phosphoric ester groups is 1. The lowest BCUT2D eigenvalue weighted by molar-refractivity contribution is 0.110. The van der Waals surface area contributed by atoms with Crippen molar-refractivity contribution in [3.05, 3.63) is 108 Å². The summed E-state index contributed by atoms with van der Waals surface area (Å²) in [4.78, 5) is 23.7. The van der Waals surface area contributed by atoms with Crippen LogP contribution in [0, 0.1) is 0 Å². The van der Waals surface area contributed by atoms with Crippen molar-refractivity contribution >= 4 is 24.2 Å². The highest BCUT2D eigenvalue weighted by molar-refractivity contribution is 7.46. The number of ether oxygens (including phenoxy) is 1. The Morgan fingerprint density at radius 3 is 2.76 bits per heavy atom. The molecule has 0 bridgehead atoms. The quantitative estimate of drug-likeness (QED) is 0.277. The second kappa shape index (κ2) is 10.7. The van der Waals surface area contributed by atoms with Gasteiger partial charge in [0.2, 0.25) is 5.88 Å². The third kappa shape index (κ3) is 6.14. The summed E-state index contributed by atoms with van der Waals surface area (Å²) in [5.41, 5.74) is 9.53. The van der Waals surface area contributed by atoms with Crippen LogP contribution in [0.5, 0.6) is 5.88 Å². The Hall–Kier alpha value is -3.79. The van der Waals surface area contributed by atoms with E-state index < -0.39 is 14.0 Å². The summed E-state index contributed by atoms with van der Waals surface area (Å²) >= 11 is 0. The van der Waals surface area contributed by atoms with E-state index in [1.807, 2.05) is 36.4 Å². The van der Waals surface area contributed by atoms with Crippen molar-refractivity contribution in [2.24, 2.45) is 5.73 Å². The average molecular weight is 520 g/mol. The Bertz CT molecular complexity index is 1490. The zero-order valence-corrected chi connectivity index (χ0v) is 20.6. The molecule has 5 rings (SSSR count). The van der Waals surface area contributed by atoms with Gasteiger partial charge in [0.05, 0.1) is 5.69 Å². The molecule has 0 amide bonds. The minimum absolute atomic E-state index is 0.374. The van der Waals surface area contributed by atoms with Gasteiger partial charge >= 0.3 is 7.82 Å². The molecule has 0 saturated carbocycles. The van der Waals surface area contributed by atoms with Crippen LogP contribution < -0.4 is 10.5 Å². The summed E-state index contributed by atoms with van der Waals surface area (Å²) in [7, 11) is -4.62. The number of nitrogens with two attached hydrogens (primary N) is 1. The summed E-state index contributed by atoms with van der Waals surface area (Å²) in [6.45, 7) is 0.0429. The highest BCUT2D eigenvalue weighted by Crippen LogP contribution is 2.36. The molecule has 1 atom stereocenters. The molecular weight excluding hydrogens is 495 g/mol. The SMILES string of the molecule is NC1C(c2cc(Cc3ccc(OCc4cccc5ccccc45)nc3)no2)=CC=CN1COP(=O)(O)O. The summed E-state index contributed by atoms with van der Waals surface area (Å²) in [6, 6.07) is 19.9. The van der Waals surface area contributed by atoms with Crippen molar-refractivity contribution in [2.75, 3.05) is 6.73 Å². The summed E-state index contributed by atoms with van der Waals surface area (Å²) in [5, 5.41) is 6.46. The molecule has 190 valence electrons. The van der Waals surface area contributed by atoms with Crippen molar-refractivity contribution < 1.29 is 28.1 Å². The maximum atomic E-state index is 11.0. The van der Waals surface area contributed by atoms with Gasteiger partial charge in [-0.1, -0.05) is 59.8 Å². The largest absolute Gasteiger partial charge is 0.473 e. The molecule has 2 aromatic carbocycles. The Morgan fingerprint density at radius 2 is 1.95 bits per heavy atom. The van der Waals surface area contributed by atoms with Gasteiger partial charge < -0.3 is 29.7 Å². The van der Waals surface area contributed by atoms with Gasteiger partial charge in [-0.2, -0.15) is 0 Å². The van der Waals surface area contributed by atoms with Gasteiger partial charge in [0.1, 0.15) is 19.5 Å². The molecule has 0 aliphatic carbocycles. The van der Waals surface area contributed by atoms with Crippen molar-refractivity contribution in [1.82, 2.24) is 15.0 Å². The molecule has 1 unspecified atom stereocenters. The van der Waals surface area contributed by atoms with E-state index in [9.17, 15) is 4.57 Å². The van der Waals surface area contributed by atoms with E-state index in [0.717, 1.165) is 16.5 Å². The summed E-state index contributed by atoms with van der Waals surface area (Å²) in [5.74, 6) is 0.983. The highest BCUT2D eigenvalue weighted by atomic mass is 31.2. The molecule has 2 aromatic heterocycles. The van der Waals surface area contributed by atoms with Crippen molar-refractivity contribution in [3.8, 4) is 5.88 Å². The van der Waals surface area contributed by atoms with E-state index in [-0.39, 0.29) is 6.73 Å². The highest BCUT2D eigenvalue weighted by Gasteiger charge is 2.25. The molecule has 1 aliphatic rings. The molecule has 1 aliphatic heterocycles. The smallest absolute Gasteiger partial charge is 0.471 e. The summed E-state index contributed by atoms with van der Waals surface area (Å²) < 4.78 is 27.0. The topological polar surface area (TPSA) is 144 Å². The van der Waals surface area contributed by atoms with E-state index in [4.69, 9.17) is 24.8 Å². The number of allylic oxidation sites excluding steroid dienone is 2. The third-order valence-electron chi connectivity index (χ3n) is 5.89. The predicted octanol–water partition coefficient (Wildman–Crippen LogP) is 3.96. The zero-order valence-electron chi connectivity index (χ0n) is 19.7. The number of hydrogen-bond donors (Lipinski definition) is 3. The molecule has 0 radical (unpaired) electrons. The number of hydrogen-bond acceptors (Lipinski definition) is 8. The van der Waals surface area contributed by atoms with E-state index in [2.05, 4.69) is 32.9 Å². The van der Waals surface area contributed by atoms with E-state index >= 15 is 0 Å². The fourth-order valence-corrected chi connectivity index (χ4v) is 4.32. The number of rotatable bonds is 9. The van der Waals surface area contributed by atoms with Gasteiger partial charge in [0.15, 0.2) is 5.76 Å². The van der Waals surface area contributed by atoms with Gasteiger partial charge in [-0.15, -0.1) is 0 Å². The fourth-order valence-electron chi connectivity index (χ4n) is 4.03. The summed E-state index contributed by atoms with van der Waals surface area (Å²) in [6.07, 6.45) is 6.53. The average Bonchev–Trinajstić information content (AvgIpc) is 3.35. The van der Waals surface area contributed by atoms with Gasteiger partial charge in [0, 0.05) is 36.5 Å². The maximum absolute atomic E-state index is 11.0. The lowest BCUT2D eigenvalue weighted by Gasteiger charge is -2.30. The normalized spacial score (nSPS) is 15.7. The zero-order chi connectivity index (χ0) is 25.8. The molecule has 37 heavy (non-hydrogen) atoms. The monoisotopic (exact) mass is 520 g/mol. The van der Waals surface area contributed by atoms with Crippen LogP contribution in [0.2, 0.25) is 0 Å². The minimum atomic E-state index is -4.62. The molecule has 10 nitrogen and oxygen atoms in total. The number of benzene rings is 2. The second-order valence-electron chi connectivity index (χ2n) is 8.46. The first-order chi connectivity index (χ1) is 17.9. The number of phosphoric acid groups is 1. The van der Waals surface area contributed by atoms with Crippen LogP contribution in [0.25, 0.3) is 16.3 Å². The first-order valence-corrected chi connectivity index (χ1v) is 13.0. The van der Waals surface area contributed by atoms with Crippen LogP contribution in [0.1, 0.15) is 22.6 Å². The number of pyridine rings is 1. The van der Waals surface area contributed by atoms with Gasteiger partial charge in [0.25, 0.3) is 0 Å². The predicted molar refractivity (Wildman–Crippen MR) is 137 cm³/mol. The molecular formula is C26H25N4O6P. The number of fused-ring (bicyclic) bond motifs is 1. The van der Waals surface area contributed by atoms with Gasteiger partial charge in [-0.05, 0) is 28.0 Å². The Kier molecular flexibility index (Phi) is 7.18. The Labute approximate surface area is 212 Å². The van der Waals surface area contributed by atoms with Crippen LogP contribution in [-0.2, 0) is 22.1 Å². The molecule has 11 heteroatoms. The van der Waals surface area contributed by atoms with Crippen LogP contribution in [0.4, 0.5) is 0 Å². The number of nitrogens with zero attached hydrogens (tertiary/aromatic N) is 3. The van der Waals surface area contributed by atoms with Crippen LogP contribution >= 0.6 is 7.82 Å². The lowest BCUT2D eigenvalue weighted by Crippen LogP contribution is -2.41. The first kappa shape index (κ1) is 24.9. The van der Waals surface area contributed by atoms with Crippen LogP contribution in [0.15, 0.2) is 89.7 Å². The molecule has 0 spiro atoms. The lowest BCUT2D eigenvalue weighted by atomic mass is 10.1. The molecule has 0 saturated heterocycles. The van der Waals surface area contributed by atoms with Crippen molar-refractivity contribution in [3.63, 3.8) is 0 Å². The minimum Gasteiger partial charge on any atom is -0.473 e. The van der Waals surface area contributed by atoms with Gasteiger partial charge in [-0.25, -0.2) is 9.55 Å². The maximum Gasteiger partial charge on any atom is 0.471 e. The number of aromatic nitrogens is 2. The first-order valence-electron chi connectivity index (χ1n) is 11.5. The van der Waals surface area contributed by atoms with Crippen molar-refractivity contribution in [1.29, 1.82) is 0 Å². The molecule has 4 N–H and O–H groups in total.